The van der Waals surface area contributed by atoms with Crippen molar-refractivity contribution in [1.82, 2.24) is 5.32 Å². The van der Waals surface area contributed by atoms with Crippen molar-refractivity contribution < 1.29 is 22.8 Å². The fourth-order valence-electron chi connectivity index (χ4n) is 1.69. The maximum absolute atomic E-state index is 12.1. The molecule has 7 heteroatoms. The smallest absolute Gasteiger partial charge is 0.372 e. The molecular formula is C12H7ClF3NO2. The molecule has 1 aromatic rings. The standard InChI is InChI=1S/C12H7ClF3NO2/c13-8-9(17-5-12(14,15)16)11(19)7-4-2-1-3-6(7)10(8)18/h1-4,17H,5H2. The molecule has 0 fully saturated rings. The van der Waals surface area contributed by atoms with Gasteiger partial charge in [-0.2, -0.15) is 13.2 Å². The molecule has 100 valence electrons. The van der Waals surface area contributed by atoms with Crippen LogP contribution in [0.2, 0.25) is 0 Å². The van der Waals surface area contributed by atoms with E-state index in [-0.39, 0.29) is 11.1 Å². The number of carbonyl (C=O) groups is 2. The number of hydrogen-bond donors (Lipinski definition) is 1. The van der Waals surface area contributed by atoms with Crippen LogP contribution in [0.4, 0.5) is 13.2 Å². The predicted molar refractivity (Wildman–Crippen MR) is 62.0 cm³/mol. The van der Waals surface area contributed by atoms with Crippen LogP contribution in [0.15, 0.2) is 35.0 Å². The van der Waals surface area contributed by atoms with E-state index in [0.29, 0.717) is 0 Å². The molecule has 0 saturated carbocycles. The molecule has 0 atom stereocenters. The molecule has 0 bridgehead atoms. The Morgan fingerprint density at radius 2 is 1.58 bits per heavy atom. The summed E-state index contributed by atoms with van der Waals surface area (Å²) in [6, 6.07) is 5.83. The number of carbonyl (C=O) groups excluding carboxylic acids is 2. The van der Waals surface area contributed by atoms with E-state index in [4.69, 9.17) is 11.6 Å². The molecule has 1 aliphatic carbocycles. The molecular weight excluding hydrogens is 283 g/mol. The SMILES string of the molecule is O=C1C(Cl)=C(NCC(F)(F)F)C(=O)c2ccccc21. The molecule has 0 spiro atoms. The Morgan fingerprint density at radius 3 is 2.11 bits per heavy atom. The number of fused-ring (bicyclic) bond motifs is 1. The van der Waals surface area contributed by atoms with Crippen LogP contribution in [-0.4, -0.2) is 24.3 Å². The quantitative estimate of drug-likeness (QED) is 0.910. The van der Waals surface area contributed by atoms with Crippen molar-refractivity contribution in [2.75, 3.05) is 6.54 Å². The zero-order valence-corrected chi connectivity index (χ0v) is 10.1. The first-order valence-corrected chi connectivity index (χ1v) is 5.58. The first kappa shape index (κ1) is 13.6. The molecule has 1 aliphatic rings. The van der Waals surface area contributed by atoms with Crippen molar-refractivity contribution in [3.8, 4) is 0 Å². The van der Waals surface area contributed by atoms with Crippen LogP contribution < -0.4 is 5.32 Å². The van der Waals surface area contributed by atoms with Gasteiger partial charge in [-0.15, -0.1) is 0 Å². The van der Waals surface area contributed by atoms with E-state index >= 15 is 0 Å². The Bertz CT molecular complexity index is 593. The lowest BCUT2D eigenvalue weighted by Gasteiger charge is -2.19. The van der Waals surface area contributed by atoms with Crippen LogP contribution in [0, 0.1) is 0 Å². The van der Waals surface area contributed by atoms with Crippen molar-refractivity contribution >= 4 is 23.2 Å². The molecule has 0 amide bonds. The van der Waals surface area contributed by atoms with Crippen molar-refractivity contribution in [2.24, 2.45) is 0 Å². The van der Waals surface area contributed by atoms with E-state index in [0.717, 1.165) is 0 Å². The van der Waals surface area contributed by atoms with Crippen LogP contribution >= 0.6 is 11.6 Å². The summed E-state index contributed by atoms with van der Waals surface area (Å²) in [7, 11) is 0. The molecule has 0 aliphatic heterocycles. The van der Waals surface area contributed by atoms with Gasteiger partial charge in [0.1, 0.15) is 17.3 Å². The molecule has 0 radical (unpaired) electrons. The van der Waals surface area contributed by atoms with Crippen LogP contribution in [0.1, 0.15) is 20.7 Å². The fourth-order valence-corrected chi connectivity index (χ4v) is 1.95. The summed E-state index contributed by atoms with van der Waals surface area (Å²) in [4.78, 5) is 23.8. The van der Waals surface area contributed by atoms with Crippen LogP contribution in [0.3, 0.4) is 0 Å². The monoisotopic (exact) mass is 289 g/mol. The van der Waals surface area contributed by atoms with Crippen molar-refractivity contribution in [3.63, 3.8) is 0 Å². The lowest BCUT2D eigenvalue weighted by molar-refractivity contribution is -0.123. The molecule has 2 rings (SSSR count). The highest BCUT2D eigenvalue weighted by Gasteiger charge is 2.34. The lowest BCUT2D eigenvalue weighted by atomic mass is 9.92. The minimum absolute atomic E-state index is 0.0431. The Labute approximate surface area is 111 Å². The summed E-state index contributed by atoms with van der Waals surface area (Å²) in [6.07, 6.45) is -4.51. The van der Waals surface area contributed by atoms with Gasteiger partial charge >= 0.3 is 6.18 Å². The van der Waals surface area contributed by atoms with E-state index in [1.165, 1.54) is 18.2 Å². The third-order valence-corrected chi connectivity index (χ3v) is 2.89. The number of ketones is 2. The third-order valence-electron chi connectivity index (χ3n) is 2.53. The van der Waals surface area contributed by atoms with E-state index in [9.17, 15) is 22.8 Å². The molecule has 0 saturated heterocycles. The lowest BCUT2D eigenvalue weighted by Crippen LogP contribution is -2.35. The number of Topliss-reactive ketones (excluding diaryl/α,β-unsaturated/α-hetero) is 2. The van der Waals surface area contributed by atoms with Gasteiger partial charge in [0, 0.05) is 11.1 Å². The molecule has 1 aromatic carbocycles. The van der Waals surface area contributed by atoms with Gasteiger partial charge in [-0.1, -0.05) is 35.9 Å². The molecule has 0 unspecified atom stereocenters. The minimum atomic E-state index is -4.51. The Balaban J connectivity index is 2.38. The van der Waals surface area contributed by atoms with Gasteiger partial charge in [0.2, 0.25) is 11.6 Å². The Hall–Kier alpha value is -1.82. The van der Waals surface area contributed by atoms with Gasteiger partial charge < -0.3 is 5.32 Å². The number of halogens is 4. The largest absolute Gasteiger partial charge is 0.405 e. The summed E-state index contributed by atoms with van der Waals surface area (Å²) < 4.78 is 36.4. The molecule has 0 heterocycles. The van der Waals surface area contributed by atoms with E-state index in [1.807, 2.05) is 5.32 Å². The van der Waals surface area contributed by atoms with Crippen LogP contribution in [0.25, 0.3) is 0 Å². The first-order chi connectivity index (χ1) is 8.81. The second-order valence-corrected chi connectivity index (χ2v) is 4.24. The maximum Gasteiger partial charge on any atom is 0.405 e. The van der Waals surface area contributed by atoms with Crippen LogP contribution in [-0.2, 0) is 0 Å². The highest BCUT2D eigenvalue weighted by Crippen LogP contribution is 2.27. The highest BCUT2D eigenvalue weighted by molar-refractivity contribution is 6.49. The average molecular weight is 290 g/mol. The average Bonchev–Trinajstić information content (AvgIpc) is 2.35. The van der Waals surface area contributed by atoms with E-state index in [1.54, 1.807) is 6.07 Å². The summed E-state index contributed by atoms with van der Waals surface area (Å²) in [5.41, 5.74) is -0.376. The van der Waals surface area contributed by atoms with Crippen molar-refractivity contribution in [1.29, 1.82) is 0 Å². The normalized spacial score (nSPS) is 15.6. The fraction of sp³-hybridized carbons (Fsp3) is 0.167. The Morgan fingerprint density at radius 1 is 1.05 bits per heavy atom. The van der Waals surface area contributed by atoms with Gasteiger partial charge in [0.25, 0.3) is 0 Å². The zero-order chi connectivity index (χ0) is 14.2. The van der Waals surface area contributed by atoms with Gasteiger partial charge in [-0.25, -0.2) is 0 Å². The first-order valence-electron chi connectivity index (χ1n) is 5.20. The summed E-state index contributed by atoms with van der Waals surface area (Å²) in [5, 5.41) is 1.36. The second-order valence-electron chi connectivity index (χ2n) is 3.86. The van der Waals surface area contributed by atoms with E-state index < -0.39 is 35.0 Å². The molecule has 19 heavy (non-hydrogen) atoms. The number of hydrogen-bond acceptors (Lipinski definition) is 3. The van der Waals surface area contributed by atoms with Crippen LogP contribution in [0.5, 0.6) is 0 Å². The second kappa shape index (κ2) is 4.70. The zero-order valence-electron chi connectivity index (χ0n) is 9.34. The maximum atomic E-state index is 12.1. The number of alkyl halides is 3. The predicted octanol–water partition coefficient (Wildman–Crippen LogP) is 2.67. The summed E-state index contributed by atoms with van der Waals surface area (Å²) >= 11 is 5.66. The van der Waals surface area contributed by atoms with Gasteiger partial charge in [-0.3, -0.25) is 9.59 Å². The van der Waals surface area contributed by atoms with Crippen molar-refractivity contribution in [2.45, 2.75) is 6.18 Å². The topological polar surface area (TPSA) is 46.2 Å². The van der Waals surface area contributed by atoms with Gasteiger partial charge in [0.15, 0.2) is 0 Å². The van der Waals surface area contributed by atoms with Gasteiger partial charge in [0.05, 0.1) is 0 Å². The number of nitrogens with one attached hydrogen (secondary N) is 1. The van der Waals surface area contributed by atoms with Crippen molar-refractivity contribution in [3.05, 3.63) is 46.1 Å². The summed E-state index contributed by atoms with van der Waals surface area (Å²) in [5.74, 6) is -1.38. The highest BCUT2D eigenvalue weighted by atomic mass is 35.5. The molecule has 3 nitrogen and oxygen atoms in total. The number of allylic oxidation sites excluding steroid dienone is 2. The summed E-state index contributed by atoms with van der Waals surface area (Å²) in [6.45, 7) is -1.43. The Kier molecular flexibility index (Phi) is 3.36. The molecule has 0 aromatic heterocycles. The van der Waals surface area contributed by atoms with Gasteiger partial charge in [-0.05, 0) is 0 Å². The number of rotatable bonds is 2. The molecule has 1 N–H and O–H groups in total. The van der Waals surface area contributed by atoms with E-state index in [2.05, 4.69) is 0 Å². The third kappa shape index (κ3) is 2.63. The minimum Gasteiger partial charge on any atom is -0.372 e. The number of benzene rings is 1.